The highest BCUT2D eigenvalue weighted by atomic mass is 35.5. The molecule has 0 unspecified atom stereocenters. The Labute approximate surface area is 179 Å². The van der Waals surface area contributed by atoms with E-state index >= 15 is 0 Å². The average molecular weight is 443 g/mol. The van der Waals surface area contributed by atoms with Gasteiger partial charge in [0.05, 0.1) is 17.0 Å². The van der Waals surface area contributed by atoms with Crippen molar-refractivity contribution in [3.05, 3.63) is 90.7 Å². The highest BCUT2D eigenvalue weighted by Gasteiger charge is 2.44. The second-order valence-electron chi connectivity index (χ2n) is 6.72. The molecule has 0 N–H and O–H groups in total. The smallest absolute Gasteiger partial charge is 0.297 e. The monoisotopic (exact) mass is 442 g/mol. The van der Waals surface area contributed by atoms with Crippen LogP contribution in [0.1, 0.15) is 33.3 Å². The van der Waals surface area contributed by atoms with Gasteiger partial charge in [-0.3, -0.25) is 14.5 Å². The van der Waals surface area contributed by atoms with Gasteiger partial charge < -0.3 is 4.42 Å². The van der Waals surface area contributed by atoms with Gasteiger partial charge in [0.1, 0.15) is 5.58 Å². The van der Waals surface area contributed by atoms with E-state index < -0.39 is 11.9 Å². The number of halogens is 2. The number of nitrogens with zero attached hydrogens (tertiary/aromatic N) is 2. The van der Waals surface area contributed by atoms with Gasteiger partial charge in [-0.05, 0) is 42.3 Å². The molecule has 2 aromatic heterocycles. The predicted molar refractivity (Wildman–Crippen MR) is 114 cm³/mol. The highest BCUT2D eigenvalue weighted by molar-refractivity contribution is 7.13. The van der Waals surface area contributed by atoms with Crippen LogP contribution in [0.15, 0.2) is 57.2 Å². The number of carbonyl (C=O) groups is 1. The maximum Gasteiger partial charge on any atom is 0.297 e. The van der Waals surface area contributed by atoms with Gasteiger partial charge in [-0.1, -0.05) is 35.3 Å². The van der Waals surface area contributed by atoms with Crippen LogP contribution in [0.5, 0.6) is 0 Å². The van der Waals surface area contributed by atoms with Gasteiger partial charge >= 0.3 is 0 Å². The molecule has 5 rings (SSSR count). The summed E-state index contributed by atoms with van der Waals surface area (Å²) in [6.45, 7) is 1.81. The summed E-state index contributed by atoms with van der Waals surface area (Å²) < 4.78 is 5.94. The molecule has 3 heterocycles. The second-order valence-corrected chi connectivity index (χ2v) is 8.43. The topological polar surface area (TPSA) is 63.4 Å². The third kappa shape index (κ3) is 2.79. The molecule has 29 heavy (non-hydrogen) atoms. The van der Waals surface area contributed by atoms with Gasteiger partial charge in [0.15, 0.2) is 10.6 Å². The predicted octanol–water partition coefficient (Wildman–Crippen LogP) is 5.61. The van der Waals surface area contributed by atoms with Gasteiger partial charge in [-0.2, -0.15) is 0 Å². The first-order valence-corrected chi connectivity index (χ1v) is 10.3. The Kier molecular flexibility index (Phi) is 4.24. The van der Waals surface area contributed by atoms with Gasteiger partial charge in [0, 0.05) is 21.6 Å². The molecule has 1 aliphatic heterocycles. The van der Waals surface area contributed by atoms with Gasteiger partial charge in [-0.25, -0.2) is 4.98 Å². The maximum atomic E-state index is 13.5. The Morgan fingerprint density at radius 3 is 2.59 bits per heavy atom. The number of thiazole rings is 1. The lowest BCUT2D eigenvalue weighted by molar-refractivity contribution is 0.0971. The molecule has 0 saturated heterocycles. The molecule has 2 aromatic carbocycles. The highest BCUT2D eigenvalue weighted by Crippen LogP contribution is 2.42. The second kappa shape index (κ2) is 6.69. The van der Waals surface area contributed by atoms with Crippen molar-refractivity contribution in [2.45, 2.75) is 13.0 Å². The van der Waals surface area contributed by atoms with E-state index in [1.807, 2.05) is 6.92 Å². The molecule has 5 nitrogen and oxygen atoms in total. The first-order valence-electron chi connectivity index (χ1n) is 8.71. The number of aromatic nitrogens is 1. The van der Waals surface area contributed by atoms with Crippen molar-refractivity contribution in [1.82, 2.24) is 4.98 Å². The molecule has 0 aliphatic carbocycles. The molecule has 8 heteroatoms. The minimum absolute atomic E-state index is 0.0272. The van der Waals surface area contributed by atoms with Crippen LogP contribution in [0, 0.1) is 6.92 Å². The van der Waals surface area contributed by atoms with E-state index in [4.69, 9.17) is 27.6 Å². The number of hydrogen-bond acceptors (Lipinski definition) is 5. The normalized spacial score (nSPS) is 15.9. The van der Waals surface area contributed by atoms with Crippen molar-refractivity contribution in [3.63, 3.8) is 0 Å². The lowest BCUT2D eigenvalue weighted by atomic mass is 9.98. The standard InChI is InChI=1S/C21H12Cl2N2O3S/c1-10-8-15-13(9-14(10)23)18(26)16-17(11-2-4-12(22)5-3-11)25(20(27)19(16)28-15)21-24-6-7-29-21/h2-9,17H,1H3/t17-/m0/s1. The van der Waals surface area contributed by atoms with E-state index in [1.54, 1.807) is 48.0 Å². The third-order valence-electron chi connectivity index (χ3n) is 4.96. The summed E-state index contributed by atoms with van der Waals surface area (Å²) >= 11 is 13.6. The van der Waals surface area contributed by atoms with Gasteiger partial charge in [-0.15, -0.1) is 11.3 Å². The van der Waals surface area contributed by atoms with Crippen molar-refractivity contribution >= 4 is 56.5 Å². The van der Waals surface area contributed by atoms with Crippen LogP contribution < -0.4 is 10.3 Å². The number of hydrogen-bond donors (Lipinski definition) is 0. The first-order chi connectivity index (χ1) is 14.0. The van der Waals surface area contributed by atoms with Gasteiger partial charge in [0.25, 0.3) is 5.91 Å². The molecule has 144 valence electrons. The van der Waals surface area contributed by atoms with E-state index in [2.05, 4.69) is 4.98 Å². The molecule has 4 aromatic rings. The zero-order chi connectivity index (χ0) is 20.3. The fourth-order valence-electron chi connectivity index (χ4n) is 3.59. The Bertz CT molecular complexity index is 1330. The van der Waals surface area contributed by atoms with Crippen molar-refractivity contribution in [2.75, 3.05) is 4.90 Å². The number of benzene rings is 2. The molecule has 0 spiro atoms. The van der Waals surface area contributed by atoms with E-state index in [1.165, 1.54) is 16.2 Å². The van der Waals surface area contributed by atoms with Crippen molar-refractivity contribution < 1.29 is 9.21 Å². The van der Waals surface area contributed by atoms with Crippen LogP contribution in [0.3, 0.4) is 0 Å². The Hall–Kier alpha value is -2.67. The summed E-state index contributed by atoms with van der Waals surface area (Å²) in [6.07, 6.45) is 1.62. The first kappa shape index (κ1) is 18.4. The number of amides is 1. The van der Waals surface area contributed by atoms with Crippen molar-refractivity contribution in [2.24, 2.45) is 0 Å². The fraction of sp³-hybridized carbons (Fsp3) is 0.0952. The molecule has 1 amide bonds. The third-order valence-corrected chi connectivity index (χ3v) is 6.39. The summed E-state index contributed by atoms with van der Waals surface area (Å²) in [6, 6.07) is 9.64. The van der Waals surface area contributed by atoms with Crippen LogP contribution in [-0.2, 0) is 0 Å². The minimum Gasteiger partial charge on any atom is -0.450 e. The number of aryl methyl sites for hydroxylation is 1. The van der Waals surface area contributed by atoms with Crippen LogP contribution in [-0.4, -0.2) is 10.9 Å². The van der Waals surface area contributed by atoms with Crippen LogP contribution >= 0.6 is 34.5 Å². The summed E-state index contributed by atoms with van der Waals surface area (Å²) in [5.74, 6) is -0.374. The molecule has 0 fully saturated rings. The van der Waals surface area contributed by atoms with Crippen molar-refractivity contribution in [3.8, 4) is 0 Å². The Balaban J connectivity index is 1.84. The molecular formula is C21H12Cl2N2O3S. The van der Waals surface area contributed by atoms with E-state index in [0.717, 1.165) is 11.1 Å². The number of carbonyl (C=O) groups excluding carboxylic acids is 1. The minimum atomic E-state index is -0.665. The Morgan fingerprint density at radius 1 is 1.14 bits per heavy atom. The zero-order valence-corrected chi connectivity index (χ0v) is 17.3. The summed E-state index contributed by atoms with van der Waals surface area (Å²) in [4.78, 5) is 32.5. The molecule has 1 atom stereocenters. The fourth-order valence-corrected chi connectivity index (χ4v) is 4.54. The quantitative estimate of drug-likeness (QED) is 0.404. The molecule has 1 aliphatic rings. The summed E-state index contributed by atoms with van der Waals surface area (Å²) in [7, 11) is 0. The summed E-state index contributed by atoms with van der Waals surface area (Å²) in [5, 5.41) is 3.63. The lowest BCUT2D eigenvalue weighted by Gasteiger charge is -2.22. The number of anilines is 1. The number of fused-ring (bicyclic) bond motifs is 2. The maximum absolute atomic E-state index is 13.5. The SMILES string of the molecule is Cc1cc2oc3c(c(=O)c2cc1Cl)[C@H](c1ccc(Cl)cc1)N(c1nccs1)C3=O. The number of rotatable bonds is 2. The van der Waals surface area contributed by atoms with E-state index in [0.29, 0.717) is 26.1 Å². The average Bonchev–Trinajstić information content (AvgIpc) is 3.31. The molecule has 0 radical (unpaired) electrons. The molecule has 0 saturated carbocycles. The Morgan fingerprint density at radius 2 is 1.90 bits per heavy atom. The van der Waals surface area contributed by atoms with Crippen LogP contribution in [0.4, 0.5) is 5.13 Å². The van der Waals surface area contributed by atoms with E-state index in [-0.39, 0.29) is 16.8 Å². The van der Waals surface area contributed by atoms with Gasteiger partial charge in [0.2, 0.25) is 5.76 Å². The van der Waals surface area contributed by atoms with Crippen LogP contribution in [0.25, 0.3) is 11.0 Å². The summed E-state index contributed by atoms with van der Waals surface area (Å²) in [5.41, 5.74) is 1.83. The van der Waals surface area contributed by atoms with Crippen molar-refractivity contribution in [1.29, 1.82) is 0 Å². The molecular weight excluding hydrogens is 431 g/mol. The molecule has 0 bridgehead atoms. The lowest BCUT2D eigenvalue weighted by Crippen LogP contribution is -2.29. The van der Waals surface area contributed by atoms with Crippen LogP contribution in [0.2, 0.25) is 10.0 Å². The zero-order valence-electron chi connectivity index (χ0n) is 15.0. The largest absolute Gasteiger partial charge is 0.450 e. The van der Waals surface area contributed by atoms with E-state index in [9.17, 15) is 9.59 Å².